The van der Waals surface area contributed by atoms with E-state index >= 15 is 0 Å². The van der Waals surface area contributed by atoms with Gasteiger partial charge in [-0.25, -0.2) is 0 Å². The third-order valence-electron chi connectivity index (χ3n) is 3.89. The van der Waals surface area contributed by atoms with Gasteiger partial charge in [-0.3, -0.25) is 4.79 Å². The van der Waals surface area contributed by atoms with Crippen LogP contribution in [-0.2, 0) is 11.2 Å². The van der Waals surface area contributed by atoms with E-state index in [0.717, 1.165) is 10.6 Å². The molecule has 0 fully saturated rings. The fourth-order valence-electron chi connectivity index (χ4n) is 2.42. The normalized spacial score (nSPS) is 10.6. The van der Waals surface area contributed by atoms with Crippen LogP contribution in [0.25, 0.3) is 10.7 Å². The maximum Gasteiger partial charge on any atom is 0.227 e. The van der Waals surface area contributed by atoms with Gasteiger partial charge in [-0.1, -0.05) is 11.2 Å². The molecule has 0 atom stereocenters. The molecule has 7 nitrogen and oxygen atoms in total. The minimum atomic E-state index is -0.0620. The largest absolute Gasteiger partial charge is 0.493 e. The van der Waals surface area contributed by atoms with E-state index in [9.17, 15) is 4.79 Å². The Balaban J connectivity index is 1.63. The maximum absolute atomic E-state index is 12.5. The second kappa shape index (κ2) is 8.01. The molecule has 0 unspecified atom stereocenters. The summed E-state index contributed by atoms with van der Waals surface area (Å²) in [6.07, 6.45) is 0.645. The van der Waals surface area contributed by atoms with Crippen molar-refractivity contribution < 1.29 is 18.8 Å². The molecule has 0 bridgehead atoms. The fourth-order valence-corrected chi connectivity index (χ4v) is 3.07. The van der Waals surface area contributed by atoms with Crippen LogP contribution in [0.1, 0.15) is 12.3 Å². The Hall–Kier alpha value is -2.87. The lowest BCUT2D eigenvalue weighted by Crippen LogP contribution is -2.26. The van der Waals surface area contributed by atoms with E-state index in [1.54, 1.807) is 55.7 Å². The summed E-state index contributed by atoms with van der Waals surface area (Å²) in [6, 6.07) is 9.19. The molecule has 0 saturated heterocycles. The number of nitrogens with zero attached hydrogens (tertiary/aromatic N) is 3. The zero-order valence-electron chi connectivity index (χ0n) is 14.8. The van der Waals surface area contributed by atoms with E-state index in [0.29, 0.717) is 29.6 Å². The van der Waals surface area contributed by atoms with E-state index in [-0.39, 0.29) is 12.3 Å². The minimum Gasteiger partial charge on any atom is -0.493 e. The molecule has 136 valence electrons. The first-order valence-corrected chi connectivity index (χ1v) is 8.85. The Bertz CT molecular complexity index is 876. The highest BCUT2D eigenvalue weighted by atomic mass is 32.1. The van der Waals surface area contributed by atoms with Gasteiger partial charge in [0.05, 0.1) is 19.1 Å². The number of benzene rings is 1. The van der Waals surface area contributed by atoms with E-state index in [1.807, 2.05) is 17.5 Å². The van der Waals surface area contributed by atoms with Gasteiger partial charge in [0, 0.05) is 31.6 Å². The highest BCUT2D eigenvalue weighted by molar-refractivity contribution is 7.13. The Labute approximate surface area is 155 Å². The van der Waals surface area contributed by atoms with Gasteiger partial charge in [-0.05, 0) is 23.6 Å². The van der Waals surface area contributed by atoms with Gasteiger partial charge in [0.1, 0.15) is 0 Å². The third-order valence-corrected chi connectivity index (χ3v) is 4.76. The fraction of sp³-hybridized carbons (Fsp3) is 0.278. The van der Waals surface area contributed by atoms with Crippen molar-refractivity contribution in [1.29, 1.82) is 0 Å². The Kier molecular flexibility index (Phi) is 5.52. The first kappa shape index (κ1) is 17.9. The van der Waals surface area contributed by atoms with Gasteiger partial charge < -0.3 is 18.9 Å². The lowest BCUT2D eigenvalue weighted by molar-refractivity contribution is -0.118. The molecule has 0 N–H and O–H groups in total. The Morgan fingerprint density at radius 1 is 1.23 bits per heavy atom. The van der Waals surface area contributed by atoms with Crippen molar-refractivity contribution in [3.8, 4) is 22.2 Å². The number of aromatic nitrogens is 2. The summed E-state index contributed by atoms with van der Waals surface area (Å²) in [5.74, 6) is 2.12. The second-order valence-corrected chi connectivity index (χ2v) is 6.43. The van der Waals surface area contributed by atoms with Crippen molar-refractivity contribution in [1.82, 2.24) is 10.1 Å². The zero-order valence-corrected chi connectivity index (χ0v) is 15.6. The Morgan fingerprint density at radius 2 is 2.04 bits per heavy atom. The number of thiophene rings is 1. The van der Waals surface area contributed by atoms with E-state index in [2.05, 4.69) is 10.1 Å². The predicted octanol–water partition coefficient (Wildman–Crippen LogP) is 3.41. The van der Waals surface area contributed by atoms with Crippen molar-refractivity contribution >= 4 is 22.9 Å². The van der Waals surface area contributed by atoms with Crippen LogP contribution < -0.4 is 14.4 Å². The van der Waals surface area contributed by atoms with E-state index < -0.39 is 0 Å². The first-order valence-electron chi connectivity index (χ1n) is 7.97. The average Bonchev–Trinajstić information content (AvgIpc) is 3.36. The van der Waals surface area contributed by atoms with Gasteiger partial charge in [0.2, 0.25) is 17.6 Å². The monoisotopic (exact) mass is 373 g/mol. The quantitative estimate of drug-likeness (QED) is 0.632. The lowest BCUT2D eigenvalue weighted by atomic mass is 10.2. The summed E-state index contributed by atoms with van der Waals surface area (Å²) in [5, 5.41) is 5.90. The number of carbonyl (C=O) groups is 1. The second-order valence-electron chi connectivity index (χ2n) is 5.48. The van der Waals surface area contributed by atoms with Crippen LogP contribution in [0.15, 0.2) is 40.2 Å². The summed E-state index contributed by atoms with van der Waals surface area (Å²) >= 11 is 1.54. The number of amides is 1. The predicted molar refractivity (Wildman–Crippen MR) is 98.9 cm³/mol. The van der Waals surface area contributed by atoms with Gasteiger partial charge in [0.25, 0.3) is 0 Å². The molecule has 0 aliphatic rings. The molecule has 0 spiro atoms. The zero-order chi connectivity index (χ0) is 18.5. The van der Waals surface area contributed by atoms with Crippen molar-refractivity contribution in [3.05, 3.63) is 41.6 Å². The van der Waals surface area contributed by atoms with Crippen molar-refractivity contribution in [2.75, 3.05) is 26.2 Å². The van der Waals surface area contributed by atoms with Crippen molar-refractivity contribution in [2.24, 2.45) is 0 Å². The van der Waals surface area contributed by atoms with Crippen LogP contribution in [-0.4, -0.2) is 37.3 Å². The molecule has 0 saturated carbocycles. The van der Waals surface area contributed by atoms with Crippen molar-refractivity contribution in [3.63, 3.8) is 0 Å². The van der Waals surface area contributed by atoms with Crippen LogP contribution in [0.2, 0.25) is 0 Å². The lowest BCUT2D eigenvalue weighted by Gasteiger charge is -2.18. The number of carbonyl (C=O) groups excluding carboxylic acids is 1. The molecule has 1 aromatic carbocycles. The van der Waals surface area contributed by atoms with Crippen LogP contribution >= 0.6 is 11.3 Å². The summed E-state index contributed by atoms with van der Waals surface area (Å²) in [5.41, 5.74) is 0.720. The molecule has 2 aromatic heterocycles. The van der Waals surface area contributed by atoms with Gasteiger partial charge in [0.15, 0.2) is 11.5 Å². The van der Waals surface area contributed by atoms with Gasteiger partial charge in [-0.2, -0.15) is 4.98 Å². The molecule has 2 heterocycles. The van der Waals surface area contributed by atoms with Gasteiger partial charge >= 0.3 is 0 Å². The maximum atomic E-state index is 12.5. The van der Waals surface area contributed by atoms with E-state index in [1.165, 1.54) is 0 Å². The molecule has 0 radical (unpaired) electrons. The molecule has 26 heavy (non-hydrogen) atoms. The molecule has 1 amide bonds. The third kappa shape index (κ3) is 3.85. The summed E-state index contributed by atoms with van der Waals surface area (Å²) in [6.45, 7) is 0. The van der Waals surface area contributed by atoms with Crippen LogP contribution in [0, 0.1) is 0 Å². The molecule has 3 rings (SSSR count). The number of ether oxygens (including phenoxy) is 2. The highest BCUT2D eigenvalue weighted by Gasteiger charge is 2.16. The minimum absolute atomic E-state index is 0.0620. The number of rotatable bonds is 7. The molecular formula is C18H19N3O4S. The van der Waals surface area contributed by atoms with Crippen LogP contribution in [0.5, 0.6) is 11.5 Å². The summed E-state index contributed by atoms with van der Waals surface area (Å²) in [7, 11) is 4.85. The van der Waals surface area contributed by atoms with Gasteiger partial charge in [-0.15, -0.1) is 11.3 Å². The average molecular weight is 373 g/mol. The number of hydrogen-bond acceptors (Lipinski definition) is 7. The highest BCUT2D eigenvalue weighted by Crippen LogP contribution is 2.31. The molecule has 3 aromatic rings. The molecular weight excluding hydrogens is 354 g/mol. The SMILES string of the molecule is COc1ccc(N(C)C(=O)CCc2nc(-c3cccs3)no2)cc1OC. The number of aryl methyl sites for hydroxylation is 1. The van der Waals surface area contributed by atoms with Crippen LogP contribution in [0.4, 0.5) is 5.69 Å². The number of hydrogen-bond donors (Lipinski definition) is 0. The smallest absolute Gasteiger partial charge is 0.227 e. The van der Waals surface area contributed by atoms with Crippen LogP contribution in [0.3, 0.4) is 0 Å². The number of methoxy groups -OCH3 is 2. The number of anilines is 1. The summed E-state index contributed by atoms with van der Waals surface area (Å²) in [4.78, 5) is 19.3. The standard InChI is InChI=1S/C18H19N3O4S/c1-21(12-6-7-13(23-2)14(11-12)24-3)17(22)9-8-16-19-18(20-25-16)15-5-4-10-26-15/h4-7,10-11H,8-9H2,1-3H3. The molecule has 8 heteroatoms. The Morgan fingerprint density at radius 3 is 2.73 bits per heavy atom. The topological polar surface area (TPSA) is 77.7 Å². The van der Waals surface area contributed by atoms with E-state index in [4.69, 9.17) is 14.0 Å². The molecule has 0 aliphatic carbocycles. The first-order chi connectivity index (χ1) is 12.6. The summed E-state index contributed by atoms with van der Waals surface area (Å²) < 4.78 is 15.7. The van der Waals surface area contributed by atoms with Crippen molar-refractivity contribution in [2.45, 2.75) is 12.8 Å². The molecule has 0 aliphatic heterocycles.